The van der Waals surface area contributed by atoms with Gasteiger partial charge in [-0.25, -0.2) is 0 Å². The molecule has 0 fully saturated rings. The first-order chi connectivity index (χ1) is 32.7. The number of fused-ring (bicyclic) bond motifs is 11. The molecule has 0 radical (unpaired) electrons. The zero-order valence-corrected chi connectivity index (χ0v) is 36.6. The molecule has 13 aromatic rings. The van der Waals surface area contributed by atoms with E-state index in [1.165, 1.54) is 20.7 Å². The van der Waals surface area contributed by atoms with Crippen LogP contribution in [0.5, 0.6) is 0 Å². The van der Waals surface area contributed by atoms with Crippen molar-refractivity contribution in [1.82, 2.24) is 0 Å². The summed E-state index contributed by atoms with van der Waals surface area (Å²) in [6.45, 7) is 0. The van der Waals surface area contributed by atoms with E-state index < -0.39 is 8.07 Å². The second-order valence-electron chi connectivity index (χ2n) is 17.2. The molecule has 0 spiro atoms. The summed E-state index contributed by atoms with van der Waals surface area (Å²) in [5.74, 6) is 0. The van der Waals surface area contributed by atoms with E-state index in [0.29, 0.717) is 0 Å². The lowest BCUT2D eigenvalue weighted by molar-refractivity contribution is 0.669. The molecular formula is C60H38N2O3Si. The molecule has 0 saturated heterocycles. The van der Waals surface area contributed by atoms with E-state index in [0.717, 1.165) is 99.9 Å². The lowest BCUT2D eigenvalue weighted by Gasteiger charge is -2.45. The van der Waals surface area contributed by atoms with Gasteiger partial charge in [0.25, 0.3) is 0 Å². The molecule has 0 amide bonds. The van der Waals surface area contributed by atoms with Gasteiger partial charge in [0, 0.05) is 72.5 Å². The third kappa shape index (κ3) is 5.33. The van der Waals surface area contributed by atoms with Crippen molar-refractivity contribution in [2.75, 3.05) is 9.80 Å². The van der Waals surface area contributed by atoms with Crippen molar-refractivity contribution in [3.8, 4) is 0 Å². The summed E-state index contributed by atoms with van der Waals surface area (Å²) in [4.78, 5) is 4.74. The summed E-state index contributed by atoms with van der Waals surface area (Å²) in [6.07, 6.45) is 0. The Labute approximate surface area is 380 Å². The van der Waals surface area contributed by atoms with Crippen molar-refractivity contribution in [2.24, 2.45) is 0 Å². The molecule has 66 heavy (non-hydrogen) atoms. The van der Waals surface area contributed by atoms with Gasteiger partial charge in [-0.1, -0.05) is 133 Å². The predicted octanol–water partition coefficient (Wildman–Crippen LogP) is 14.0. The van der Waals surface area contributed by atoms with E-state index in [-0.39, 0.29) is 0 Å². The Morgan fingerprint density at radius 1 is 0.303 bits per heavy atom. The number of hydrogen-bond donors (Lipinski definition) is 0. The second kappa shape index (κ2) is 14.2. The van der Waals surface area contributed by atoms with Crippen LogP contribution in [0.3, 0.4) is 0 Å². The number of rotatable bonds is 6. The van der Waals surface area contributed by atoms with E-state index in [2.05, 4.69) is 228 Å². The average molecular weight is 863 g/mol. The van der Waals surface area contributed by atoms with Gasteiger partial charge in [0.05, 0.1) is 0 Å². The second-order valence-corrected chi connectivity index (χ2v) is 20.9. The Hall–Kier alpha value is -8.58. The number of benzene rings is 10. The Morgan fingerprint density at radius 3 is 1.41 bits per heavy atom. The summed E-state index contributed by atoms with van der Waals surface area (Å²) in [5, 5.41) is 11.5. The molecule has 0 aliphatic carbocycles. The number of furan rings is 3. The molecule has 0 N–H and O–H groups in total. The SMILES string of the molecule is c1ccc(N(c2ccccc2)c2ccc3c(c2)oc2cc4c(cc23)N(c2ccccc2)c2ccccc2[Si]4(c2ccc3c(c2)oc2ccccc23)c2ccc3c(c2)oc2ccccc23)cc1. The molecule has 3 aromatic heterocycles. The minimum atomic E-state index is -3.30. The number of hydrogen-bond acceptors (Lipinski definition) is 5. The Balaban J connectivity index is 1.09. The van der Waals surface area contributed by atoms with Crippen LogP contribution in [0.25, 0.3) is 65.8 Å². The third-order valence-corrected chi connectivity index (χ3v) is 18.5. The maximum absolute atomic E-state index is 7.14. The summed E-state index contributed by atoms with van der Waals surface area (Å²) >= 11 is 0. The average Bonchev–Trinajstić information content (AvgIpc) is 4.06. The van der Waals surface area contributed by atoms with Crippen LogP contribution < -0.4 is 30.5 Å². The molecule has 14 rings (SSSR count). The summed E-state index contributed by atoms with van der Waals surface area (Å²) in [7, 11) is -3.30. The van der Waals surface area contributed by atoms with Gasteiger partial charge in [-0.3, -0.25) is 0 Å². The van der Waals surface area contributed by atoms with Crippen LogP contribution in [0, 0.1) is 0 Å². The molecule has 0 bridgehead atoms. The van der Waals surface area contributed by atoms with Crippen LogP contribution in [0.1, 0.15) is 0 Å². The summed E-state index contributed by atoms with van der Waals surface area (Å²) < 4.78 is 20.6. The van der Waals surface area contributed by atoms with Gasteiger partial charge >= 0.3 is 0 Å². The van der Waals surface area contributed by atoms with Crippen molar-refractivity contribution in [1.29, 1.82) is 0 Å². The fraction of sp³-hybridized carbons (Fsp3) is 0. The maximum Gasteiger partial charge on any atom is 0.184 e. The molecule has 0 saturated carbocycles. The molecule has 5 nitrogen and oxygen atoms in total. The Morgan fingerprint density at radius 2 is 0.773 bits per heavy atom. The molecule has 0 unspecified atom stereocenters. The maximum atomic E-state index is 7.14. The van der Waals surface area contributed by atoms with Crippen LogP contribution in [-0.4, -0.2) is 8.07 Å². The standard InChI is InChI=1S/C60H38N2O3Si/c1-4-16-39(17-5-1)61(40-18-6-2-7-19-40)42-28-31-49-50-37-52-60(38-58(50)65-55(49)34-42)66(43-29-32-47-45-22-10-13-25-53(45)63-56(47)35-43,44-30-33-48-46-23-11-14-26-54(46)64-57(48)36-44)59-27-15-12-24-51(59)62(52)41-20-8-3-9-21-41/h1-38H. The van der Waals surface area contributed by atoms with E-state index >= 15 is 0 Å². The highest BCUT2D eigenvalue weighted by atomic mass is 28.3. The predicted molar refractivity (Wildman–Crippen MR) is 275 cm³/mol. The van der Waals surface area contributed by atoms with Gasteiger partial charge in [-0.2, -0.15) is 0 Å². The quantitative estimate of drug-likeness (QED) is 0.156. The molecule has 0 atom stereocenters. The van der Waals surface area contributed by atoms with E-state index in [9.17, 15) is 0 Å². The van der Waals surface area contributed by atoms with Gasteiger partial charge in [-0.05, 0) is 112 Å². The van der Waals surface area contributed by atoms with Crippen LogP contribution in [0.15, 0.2) is 244 Å². The fourth-order valence-electron chi connectivity index (χ4n) is 10.8. The lowest BCUT2D eigenvalue weighted by Crippen LogP contribution is -2.77. The highest BCUT2D eigenvalue weighted by molar-refractivity contribution is 7.21. The Kier molecular flexibility index (Phi) is 7.94. The fourth-order valence-corrected chi connectivity index (χ4v) is 15.9. The van der Waals surface area contributed by atoms with Gasteiger partial charge < -0.3 is 23.1 Å². The minimum absolute atomic E-state index is 0.824. The Bertz CT molecular complexity index is 3870. The van der Waals surface area contributed by atoms with Crippen molar-refractivity contribution in [3.63, 3.8) is 0 Å². The molecule has 1 aliphatic heterocycles. The van der Waals surface area contributed by atoms with Crippen LogP contribution in [0.4, 0.5) is 34.1 Å². The van der Waals surface area contributed by atoms with Crippen molar-refractivity contribution < 1.29 is 13.3 Å². The lowest BCUT2D eigenvalue weighted by atomic mass is 10.1. The first-order valence-corrected chi connectivity index (χ1v) is 24.4. The third-order valence-electron chi connectivity index (χ3n) is 13.7. The number of anilines is 6. The van der Waals surface area contributed by atoms with Crippen molar-refractivity contribution in [2.45, 2.75) is 0 Å². The highest BCUT2D eigenvalue weighted by Gasteiger charge is 2.50. The van der Waals surface area contributed by atoms with E-state index in [1.807, 2.05) is 12.1 Å². The topological polar surface area (TPSA) is 45.9 Å². The summed E-state index contributed by atoms with van der Waals surface area (Å²) in [5.41, 5.74) is 11.7. The smallest absolute Gasteiger partial charge is 0.184 e. The van der Waals surface area contributed by atoms with Gasteiger partial charge in [0.15, 0.2) is 8.07 Å². The number of para-hydroxylation sites is 6. The van der Waals surface area contributed by atoms with Crippen LogP contribution >= 0.6 is 0 Å². The zero-order valence-electron chi connectivity index (χ0n) is 35.6. The largest absolute Gasteiger partial charge is 0.456 e. The minimum Gasteiger partial charge on any atom is -0.456 e. The first-order valence-electron chi connectivity index (χ1n) is 22.4. The van der Waals surface area contributed by atoms with Crippen molar-refractivity contribution >= 4 is 129 Å². The zero-order chi connectivity index (χ0) is 43.3. The summed E-state index contributed by atoms with van der Waals surface area (Å²) in [6, 6.07) is 82.7. The van der Waals surface area contributed by atoms with Crippen LogP contribution in [0.2, 0.25) is 0 Å². The molecule has 1 aliphatic rings. The molecular weight excluding hydrogens is 825 g/mol. The first kappa shape index (κ1) is 36.9. The van der Waals surface area contributed by atoms with Crippen LogP contribution in [-0.2, 0) is 0 Å². The molecule has 4 heterocycles. The number of nitrogens with zero attached hydrogens (tertiary/aromatic N) is 2. The van der Waals surface area contributed by atoms with Gasteiger partial charge in [-0.15, -0.1) is 0 Å². The molecule has 310 valence electrons. The molecule has 10 aromatic carbocycles. The van der Waals surface area contributed by atoms with E-state index in [1.54, 1.807) is 0 Å². The van der Waals surface area contributed by atoms with Crippen molar-refractivity contribution in [3.05, 3.63) is 231 Å². The normalized spacial score (nSPS) is 13.2. The highest BCUT2D eigenvalue weighted by Crippen LogP contribution is 2.44. The van der Waals surface area contributed by atoms with Gasteiger partial charge in [0.2, 0.25) is 0 Å². The van der Waals surface area contributed by atoms with Gasteiger partial charge in [0.1, 0.15) is 33.5 Å². The van der Waals surface area contributed by atoms with E-state index in [4.69, 9.17) is 13.3 Å². The monoisotopic (exact) mass is 862 g/mol. The molecule has 6 heteroatoms.